The van der Waals surface area contributed by atoms with Gasteiger partial charge in [0.15, 0.2) is 0 Å². The zero-order valence-corrected chi connectivity index (χ0v) is 11.2. The third kappa shape index (κ3) is 2.90. The molecule has 18 heavy (non-hydrogen) atoms. The number of nitrogens with zero attached hydrogens (tertiary/aromatic N) is 1. The Balaban J connectivity index is 3.30. The number of hydrogen-bond acceptors (Lipinski definition) is 3. The number of hydrogen-bond donors (Lipinski definition) is 1. The molecule has 1 aromatic rings. The Morgan fingerprint density at radius 2 is 2.17 bits per heavy atom. The first kappa shape index (κ1) is 14.7. The molecule has 0 amide bonds. The van der Waals surface area contributed by atoms with Crippen LogP contribution in [0.1, 0.15) is 10.4 Å². The van der Waals surface area contributed by atoms with Gasteiger partial charge in [-0.3, -0.25) is 0 Å². The van der Waals surface area contributed by atoms with Crippen molar-refractivity contribution in [2.75, 3.05) is 13.6 Å². The molecule has 0 aromatic heterocycles. The summed E-state index contributed by atoms with van der Waals surface area (Å²) in [6, 6.07) is 3.56. The second-order valence-electron chi connectivity index (χ2n) is 3.52. The molecule has 0 aliphatic carbocycles. The van der Waals surface area contributed by atoms with E-state index in [1.807, 2.05) is 0 Å². The Hall–Kier alpha value is -1.37. The van der Waals surface area contributed by atoms with Gasteiger partial charge in [-0.25, -0.2) is 13.2 Å². The molecular weight excluding hydrogens is 278 g/mol. The van der Waals surface area contributed by atoms with Crippen LogP contribution in [0.2, 0.25) is 5.02 Å². The predicted molar refractivity (Wildman–Crippen MR) is 68.4 cm³/mol. The first-order chi connectivity index (χ1) is 8.30. The summed E-state index contributed by atoms with van der Waals surface area (Å²) in [5, 5.41) is 8.88. The second kappa shape index (κ2) is 5.51. The van der Waals surface area contributed by atoms with Gasteiger partial charge < -0.3 is 5.11 Å². The van der Waals surface area contributed by atoms with Gasteiger partial charge in [0.1, 0.15) is 0 Å². The summed E-state index contributed by atoms with van der Waals surface area (Å²) in [5.41, 5.74) is -0.246. The average Bonchev–Trinajstić information content (AvgIpc) is 2.29. The van der Waals surface area contributed by atoms with Crippen LogP contribution in [-0.4, -0.2) is 37.4 Å². The van der Waals surface area contributed by atoms with Crippen molar-refractivity contribution in [3.63, 3.8) is 0 Å². The molecule has 0 radical (unpaired) electrons. The number of carboxylic acid groups (broad SMARTS) is 1. The van der Waals surface area contributed by atoms with Crippen LogP contribution in [0.25, 0.3) is 0 Å². The highest BCUT2D eigenvalue weighted by molar-refractivity contribution is 7.89. The van der Waals surface area contributed by atoms with E-state index in [0.29, 0.717) is 0 Å². The first-order valence-corrected chi connectivity index (χ1v) is 6.72. The van der Waals surface area contributed by atoms with Crippen LogP contribution in [0.15, 0.2) is 35.7 Å². The lowest BCUT2D eigenvalue weighted by Gasteiger charge is -2.15. The van der Waals surface area contributed by atoms with Crippen molar-refractivity contribution >= 4 is 27.6 Å². The van der Waals surface area contributed by atoms with E-state index in [1.165, 1.54) is 25.3 Å². The smallest absolute Gasteiger partial charge is 0.337 e. The summed E-state index contributed by atoms with van der Waals surface area (Å²) in [5.74, 6) is -1.27. The molecule has 0 saturated carbocycles. The summed E-state index contributed by atoms with van der Waals surface area (Å²) in [7, 11) is -2.35. The van der Waals surface area contributed by atoms with Crippen LogP contribution >= 0.6 is 11.6 Å². The summed E-state index contributed by atoms with van der Waals surface area (Å²) in [6.45, 7) is 3.58. The van der Waals surface area contributed by atoms with Crippen molar-refractivity contribution < 1.29 is 18.3 Å². The van der Waals surface area contributed by atoms with Gasteiger partial charge in [0, 0.05) is 13.6 Å². The summed E-state index contributed by atoms with van der Waals surface area (Å²) < 4.78 is 25.2. The van der Waals surface area contributed by atoms with Crippen molar-refractivity contribution in [3.8, 4) is 0 Å². The van der Waals surface area contributed by atoms with Crippen LogP contribution in [0.4, 0.5) is 0 Å². The topological polar surface area (TPSA) is 74.7 Å². The molecule has 1 rings (SSSR count). The molecule has 7 heteroatoms. The molecule has 0 spiro atoms. The zero-order valence-electron chi connectivity index (χ0n) is 9.63. The van der Waals surface area contributed by atoms with E-state index < -0.39 is 16.0 Å². The Kier molecular flexibility index (Phi) is 4.50. The average molecular weight is 290 g/mol. The molecule has 98 valence electrons. The lowest BCUT2D eigenvalue weighted by molar-refractivity contribution is 0.0697. The SMILES string of the molecule is C=CCN(C)S(=O)(=O)c1ccc(Cl)c(C(=O)O)c1. The van der Waals surface area contributed by atoms with Crippen LogP contribution in [0, 0.1) is 0 Å². The highest BCUT2D eigenvalue weighted by atomic mass is 35.5. The second-order valence-corrected chi connectivity index (χ2v) is 5.97. The molecule has 1 N–H and O–H groups in total. The minimum absolute atomic E-state index is 0.00664. The Bertz CT molecular complexity index is 583. The van der Waals surface area contributed by atoms with Crippen LogP contribution < -0.4 is 0 Å². The number of carboxylic acids is 1. The van der Waals surface area contributed by atoms with E-state index >= 15 is 0 Å². The van der Waals surface area contributed by atoms with Crippen molar-refractivity contribution in [2.24, 2.45) is 0 Å². The van der Waals surface area contributed by atoms with E-state index in [1.54, 1.807) is 0 Å². The van der Waals surface area contributed by atoms with Gasteiger partial charge >= 0.3 is 5.97 Å². The lowest BCUT2D eigenvalue weighted by atomic mass is 10.2. The number of halogens is 1. The van der Waals surface area contributed by atoms with Gasteiger partial charge in [-0.1, -0.05) is 17.7 Å². The van der Waals surface area contributed by atoms with Gasteiger partial charge in [-0.05, 0) is 18.2 Å². The number of sulfonamides is 1. The number of aromatic carboxylic acids is 1. The molecular formula is C11H12ClNO4S. The fourth-order valence-corrected chi connectivity index (χ4v) is 2.66. The number of likely N-dealkylation sites (N-methyl/N-ethyl adjacent to an activating group) is 1. The van der Waals surface area contributed by atoms with E-state index in [0.717, 1.165) is 10.4 Å². The maximum atomic E-state index is 12.1. The monoisotopic (exact) mass is 289 g/mol. The predicted octanol–water partition coefficient (Wildman–Crippen LogP) is 1.84. The Morgan fingerprint density at radius 3 is 2.67 bits per heavy atom. The maximum absolute atomic E-state index is 12.1. The number of carbonyl (C=O) groups is 1. The first-order valence-electron chi connectivity index (χ1n) is 4.90. The molecule has 0 aliphatic heterocycles. The fraction of sp³-hybridized carbons (Fsp3) is 0.182. The molecule has 0 aliphatic rings. The van der Waals surface area contributed by atoms with Crippen LogP contribution in [0.3, 0.4) is 0 Å². The largest absolute Gasteiger partial charge is 0.478 e. The molecule has 0 unspecified atom stereocenters. The quantitative estimate of drug-likeness (QED) is 0.839. The zero-order chi connectivity index (χ0) is 13.9. The van der Waals surface area contributed by atoms with Gasteiger partial charge in [0.2, 0.25) is 10.0 Å². The fourth-order valence-electron chi connectivity index (χ4n) is 1.29. The number of benzene rings is 1. The van der Waals surface area contributed by atoms with Crippen molar-refractivity contribution in [2.45, 2.75) is 4.90 Å². The third-order valence-corrected chi connectivity index (χ3v) is 4.41. The van der Waals surface area contributed by atoms with Crippen molar-refractivity contribution in [1.82, 2.24) is 4.31 Å². The summed E-state index contributed by atoms with van der Waals surface area (Å²) in [4.78, 5) is 10.8. The van der Waals surface area contributed by atoms with Gasteiger partial charge in [0.05, 0.1) is 15.5 Å². The minimum Gasteiger partial charge on any atom is -0.478 e. The molecule has 5 nitrogen and oxygen atoms in total. The number of rotatable bonds is 5. The highest BCUT2D eigenvalue weighted by Gasteiger charge is 2.22. The van der Waals surface area contributed by atoms with Crippen LogP contribution in [-0.2, 0) is 10.0 Å². The van der Waals surface area contributed by atoms with Gasteiger partial charge in [0.25, 0.3) is 0 Å². The standard InChI is InChI=1S/C11H12ClNO4S/c1-3-6-13(2)18(16,17)8-4-5-10(12)9(7-8)11(14)15/h3-5,7H,1,6H2,2H3,(H,14,15). The van der Waals surface area contributed by atoms with Crippen LogP contribution in [0.5, 0.6) is 0 Å². The normalized spacial score (nSPS) is 11.5. The Morgan fingerprint density at radius 1 is 1.56 bits per heavy atom. The van der Waals surface area contributed by atoms with E-state index in [9.17, 15) is 13.2 Å². The van der Waals surface area contributed by atoms with E-state index in [4.69, 9.17) is 16.7 Å². The maximum Gasteiger partial charge on any atom is 0.337 e. The van der Waals surface area contributed by atoms with E-state index in [-0.39, 0.29) is 22.0 Å². The summed E-state index contributed by atoms with van der Waals surface area (Å²) >= 11 is 5.68. The van der Waals surface area contributed by atoms with Crippen molar-refractivity contribution in [1.29, 1.82) is 0 Å². The van der Waals surface area contributed by atoms with Gasteiger partial charge in [-0.15, -0.1) is 6.58 Å². The Labute approximate surface area is 110 Å². The molecule has 0 bridgehead atoms. The molecule has 0 saturated heterocycles. The molecule has 0 heterocycles. The lowest BCUT2D eigenvalue weighted by Crippen LogP contribution is -2.27. The molecule has 0 atom stereocenters. The van der Waals surface area contributed by atoms with Gasteiger partial charge in [-0.2, -0.15) is 4.31 Å². The minimum atomic E-state index is -3.73. The molecule has 0 fully saturated rings. The highest BCUT2D eigenvalue weighted by Crippen LogP contribution is 2.22. The summed E-state index contributed by atoms with van der Waals surface area (Å²) in [6.07, 6.45) is 1.44. The van der Waals surface area contributed by atoms with Crippen molar-refractivity contribution in [3.05, 3.63) is 41.4 Å². The van der Waals surface area contributed by atoms with E-state index in [2.05, 4.69) is 6.58 Å². The molecule has 1 aromatic carbocycles. The third-order valence-electron chi connectivity index (χ3n) is 2.26.